The second kappa shape index (κ2) is 9.48. The van der Waals surface area contributed by atoms with Crippen LogP contribution >= 0.6 is 0 Å². The maximum Gasteiger partial charge on any atom is 0.295 e. The molecule has 158 valence electrons. The topological polar surface area (TPSA) is 76.1 Å². The zero-order chi connectivity index (χ0) is 21.7. The van der Waals surface area contributed by atoms with Gasteiger partial charge in [0.25, 0.3) is 11.7 Å². The maximum absolute atomic E-state index is 12.9. The van der Waals surface area contributed by atoms with Crippen LogP contribution in [0.1, 0.15) is 43.9 Å². The van der Waals surface area contributed by atoms with Crippen molar-refractivity contribution in [3.8, 4) is 11.5 Å². The highest BCUT2D eigenvalue weighted by atomic mass is 16.5. The summed E-state index contributed by atoms with van der Waals surface area (Å²) in [6.07, 6.45) is 1.59. The largest absolute Gasteiger partial charge is 0.507 e. The van der Waals surface area contributed by atoms with E-state index in [4.69, 9.17) is 9.47 Å². The van der Waals surface area contributed by atoms with Gasteiger partial charge < -0.3 is 19.5 Å². The number of methoxy groups -OCH3 is 1. The Hall–Kier alpha value is -3.28. The minimum atomic E-state index is -0.692. The van der Waals surface area contributed by atoms with E-state index in [0.29, 0.717) is 30.9 Å². The summed E-state index contributed by atoms with van der Waals surface area (Å²) < 4.78 is 11.0. The molecule has 1 unspecified atom stereocenters. The quantitative estimate of drug-likeness (QED) is 0.399. The van der Waals surface area contributed by atoms with Crippen LogP contribution in [-0.2, 0) is 9.59 Å². The first-order chi connectivity index (χ1) is 14.5. The Morgan fingerprint density at radius 3 is 2.37 bits per heavy atom. The number of Topliss-reactive ketones (excluding diaryl/α,β-unsaturated/α-hetero) is 1. The molecule has 3 rings (SSSR count). The molecule has 1 aliphatic rings. The molecule has 1 aliphatic heterocycles. The number of hydrogen-bond acceptors (Lipinski definition) is 5. The van der Waals surface area contributed by atoms with Gasteiger partial charge in [-0.1, -0.05) is 38.1 Å². The number of likely N-dealkylation sites (tertiary alicyclic amines) is 1. The molecule has 0 spiro atoms. The highest BCUT2D eigenvalue weighted by molar-refractivity contribution is 6.46. The standard InChI is InChI=1S/C24H27NO5/c1-4-14-25-21(16-10-12-17(13-11-16)30-15-5-2)20(23(27)24(25)28)22(26)18-8-6-7-9-19(18)29-3/h6-13,21,26H,4-5,14-15H2,1-3H3/b22-20-. The maximum atomic E-state index is 12.9. The molecule has 1 amide bonds. The third kappa shape index (κ3) is 4.03. The summed E-state index contributed by atoms with van der Waals surface area (Å²) in [6.45, 7) is 5.00. The van der Waals surface area contributed by atoms with E-state index in [2.05, 4.69) is 0 Å². The third-order valence-corrected chi connectivity index (χ3v) is 5.04. The van der Waals surface area contributed by atoms with E-state index in [-0.39, 0.29) is 11.3 Å². The lowest BCUT2D eigenvalue weighted by Crippen LogP contribution is -2.30. The molecular weight excluding hydrogens is 382 g/mol. The van der Waals surface area contributed by atoms with E-state index in [9.17, 15) is 14.7 Å². The Labute approximate surface area is 176 Å². The smallest absolute Gasteiger partial charge is 0.295 e. The number of amides is 1. The monoisotopic (exact) mass is 409 g/mol. The Bertz CT molecular complexity index is 948. The van der Waals surface area contributed by atoms with E-state index in [0.717, 1.165) is 17.7 Å². The normalized spacial score (nSPS) is 18.0. The van der Waals surface area contributed by atoms with E-state index in [1.165, 1.54) is 12.0 Å². The molecule has 30 heavy (non-hydrogen) atoms. The lowest BCUT2D eigenvalue weighted by atomic mass is 9.95. The van der Waals surface area contributed by atoms with Gasteiger partial charge in [-0.25, -0.2) is 0 Å². The molecule has 0 saturated carbocycles. The first-order valence-electron chi connectivity index (χ1n) is 10.2. The lowest BCUT2D eigenvalue weighted by Gasteiger charge is -2.25. The summed E-state index contributed by atoms with van der Waals surface area (Å²) in [7, 11) is 1.49. The number of nitrogens with zero attached hydrogens (tertiary/aromatic N) is 1. The molecule has 0 bridgehead atoms. The van der Waals surface area contributed by atoms with Crippen molar-refractivity contribution in [1.29, 1.82) is 0 Å². The van der Waals surface area contributed by atoms with Crippen LogP contribution in [0.3, 0.4) is 0 Å². The van der Waals surface area contributed by atoms with Gasteiger partial charge in [0, 0.05) is 6.54 Å². The number of para-hydroxylation sites is 1. The molecule has 2 aromatic rings. The van der Waals surface area contributed by atoms with Crippen molar-refractivity contribution in [3.63, 3.8) is 0 Å². The van der Waals surface area contributed by atoms with Crippen molar-refractivity contribution in [1.82, 2.24) is 4.90 Å². The number of hydrogen-bond donors (Lipinski definition) is 1. The van der Waals surface area contributed by atoms with Crippen molar-refractivity contribution in [2.75, 3.05) is 20.3 Å². The van der Waals surface area contributed by atoms with Crippen LogP contribution in [0.2, 0.25) is 0 Å². The molecule has 6 nitrogen and oxygen atoms in total. The molecule has 1 fully saturated rings. The van der Waals surface area contributed by atoms with Crippen LogP contribution in [0.15, 0.2) is 54.1 Å². The molecule has 1 heterocycles. The van der Waals surface area contributed by atoms with Gasteiger partial charge in [-0.05, 0) is 42.7 Å². The number of carbonyl (C=O) groups excluding carboxylic acids is 2. The second-order valence-corrected chi connectivity index (χ2v) is 7.11. The lowest BCUT2D eigenvalue weighted by molar-refractivity contribution is -0.139. The number of benzene rings is 2. The molecule has 0 radical (unpaired) electrons. The number of ether oxygens (including phenoxy) is 2. The third-order valence-electron chi connectivity index (χ3n) is 5.04. The minimum Gasteiger partial charge on any atom is -0.507 e. The van der Waals surface area contributed by atoms with E-state index < -0.39 is 17.7 Å². The van der Waals surface area contributed by atoms with Crippen LogP contribution in [-0.4, -0.2) is 42.0 Å². The summed E-state index contributed by atoms with van der Waals surface area (Å²) >= 11 is 0. The van der Waals surface area contributed by atoms with Crippen LogP contribution in [0.25, 0.3) is 5.76 Å². The first-order valence-corrected chi connectivity index (χ1v) is 10.2. The zero-order valence-corrected chi connectivity index (χ0v) is 17.6. The van der Waals surface area contributed by atoms with Crippen molar-refractivity contribution in [2.24, 2.45) is 0 Å². The van der Waals surface area contributed by atoms with Crippen LogP contribution < -0.4 is 9.47 Å². The summed E-state index contributed by atoms with van der Waals surface area (Å²) in [6, 6.07) is 13.5. The molecule has 1 N–H and O–H groups in total. The molecule has 0 aliphatic carbocycles. The predicted molar refractivity (Wildman–Crippen MR) is 115 cm³/mol. The van der Waals surface area contributed by atoms with Gasteiger partial charge in [-0.15, -0.1) is 0 Å². The average molecular weight is 409 g/mol. The fourth-order valence-electron chi connectivity index (χ4n) is 3.65. The molecule has 1 saturated heterocycles. The van der Waals surface area contributed by atoms with Gasteiger partial charge in [0.05, 0.1) is 30.9 Å². The Balaban J connectivity index is 2.12. The number of carbonyl (C=O) groups is 2. The van der Waals surface area contributed by atoms with Gasteiger partial charge in [0.15, 0.2) is 0 Å². The highest BCUT2D eigenvalue weighted by Crippen LogP contribution is 2.41. The van der Waals surface area contributed by atoms with Crippen LogP contribution in [0.5, 0.6) is 11.5 Å². The average Bonchev–Trinajstić information content (AvgIpc) is 3.02. The number of rotatable bonds is 8. The molecule has 1 atom stereocenters. The first kappa shape index (κ1) is 21.4. The number of aliphatic hydroxyl groups excluding tert-OH is 1. The highest BCUT2D eigenvalue weighted by Gasteiger charge is 2.45. The molecular formula is C24H27NO5. The Morgan fingerprint density at radius 2 is 1.73 bits per heavy atom. The summed E-state index contributed by atoms with van der Waals surface area (Å²) in [4.78, 5) is 27.2. The molecule has 0 aromatic heterocycles. The summed E-state index contributed by atoms with van der Waals surface area (Å²) in [5.74, 6) is -0.384. The van der Waals surface area contributed by atoms with Gasteiger partial charge >= 0.3 is 0 Å². The SMILES string of the molecule is CCCOc1ccc(C2/C(=C(/O)c3ccccc3OC)C(=O)C(=O)N2CCC)cc1. The zero-order valence-electron chi connectivity index (χ0n) is 17.6. The Kier molecular flexibility index (Phi) is 6.77. The van der Waals surface area contributed by atoms with Crippen molar-refractivity contribution in [3.05, 3.63) is 65.2 Å². The van der Waals surface area contributed by atoms with Crippen molar-refractivity contribution >= 4 is 17.4 Å². The summed E-state index contributed by atoms with van der Waals surface area (Å²) in [5.41, 5.74) is 1.19. The summed E-state index contributed by atoms with van der Waals surface area (Å²) in [5, 5.41) is 11.1. The number of aliphatic hydroxyl groups is 1. The van der Waals surface area contributed by atoms with Crippen molar-refractivity contribution in [2.45, 2.75) is 32.7 Å². The van der Waals surface area contributed by atoms with Gasteiger partial charge in [0.2, 0.25) is 0 Å². The Morgan fingerprint density at radius 1 is 1.03 bits per heavy atom. The van der Waals surface area contributed by atoms with Gasteiger partial charge in [-0.3, -0.25) is 9.59 Å². The van der Waals surface area contributed by atoms with Crippen molar-refractivity contribution < 1.29 is 24.2 Å². The predicted octanol–water partition coefficient (Wildman–Crippen LogP) is 4.32. The second-order valence-electron chi connectivity index (χ2n) is 7.11. The minimum absolute atomic E-state index is 0.0696. The van der Waals surface area contributed by atoms with E-state index in [1.807, 2.05) is 38.1 Å². The molecule has 6 heteroatoms. The van der Waals surface area contributed by atoms with E-state index in [1.54, 1.807) is 24.3 Å². The fourth-order valence-corrected chi connectivity index (χ4v) is 3.65. The van der Waals surface area contributed by atoms with Crippen LogP contribution in [0.4, 0.5) is 0 Å². The number of ketones is 1. The molecule has 2 aromatic carbocycles. The van der Waals surface area contributed by atoms with Gasteiger partial charge in [0.1, 0.15) is 17.3 Å². The van der Waals surface area contributed by atoms with E-state index >= 15 is 0 Å². The fraction of sp³-hybridized carbons (Fsp3) is 0.333. The van der Waals surface area contributed by atoms with Gasteiger partial charge in [-0.2, -0.15) is 0 Å². The van der Waals surface area contributed by atoms with Crippen LogP contribution in [0, 0.1) is 0 Å².